The quantitative estimate of drug-likeness (QED) is 0.542. The number of aromatic nitrogens is 2. The fraction of sp³-hybridized carbons (Fsp3) is 0.300. The summed E-state index contributed by atoms with van der Waals surface area (Å²) in [5.41, 5.74) is 2.13. The molecule has 1 aliphatic rings. The van der Waals surface area contributed by atoms with Gasteiger partial charge in [0.25, 0.3) is 0 Å². The van der Waals surface area contributed by atoms with Gasteiger partial charge in [-0.2, -0.15) is 4.31 Å². The molecule has 0 atom stereocenters. The van der Waals surface area contributed by atoms with E-state index in [1.54, 1.807) is 4.68 Å². The number of piperazine rings is 1. The van der Waals surface area contributed by atoms with Crippen molar-refractivity contribution in [1.29, 1.82) is 0 Å². The Kier molecular flexibility index (Phi) is 6.49. The summed E-state index contributed by atoms with van der Waals surface area (Å²) in [4.78, 5) is 2.22. The van der Waals surface area contributed by atoms with Gasteiger partial charge in [0.15, 0.2) is 3.95 Å². The molecule has 0 spiro atoms. The van der Waals surface area contributed by atoms with Crippen LogP contribution in [-0.4, -0.2) is 53.6 Å². The van der Waals surface area contributed by atoms with Crippen molar-refractivity contribution in [3.63, 3.8) is 0 Å². The number of aryl methyl sites for hydroxylation is 1. The fourth-order valence-electron chi connectivity index (χ4n) is 3.26. The zero-order valence-corrected chi connectivity index (χ0v) is 19.3. The number of halogens is 1. The van der Waals surface area contributed by atoms with Gasteiger partial charge in [0.05, 0.1) is 11.6 Å². The SMILES string of the molecule is Cc1ccc(Nc2nn(CN3CCN(S(=O)(=O)c4ccc(F)cc4)CC3)c(=S)s2)cc1. The Morgan fingerprint density at radius 3 is 2.35 bits per heavy atom. The van der Waals surface area contributed by atoms with E-state index in [4.69, 9.17) is 12.2 Å². The molecule has 2 heterocycles. The van der Waals surface area contributed by atoms with Crippen LogP contribution in [0.4, 0.5) is 15.2 Å². The van der Waals surface area contributed by atoms with Crippen LogP contribution < -0.4 is 5.32 Å². The summed E-state index contributed by atoms with van der Waals surface area (Å²) in [5.74, 6) is -0.458. The zero-order chi connectivity index (χ0) is 22.0. The molecule has 0 bridgehead atoms. The molecule has 1 aliphatic heterocycles. The third-order valence-electron chi connectivity index (χ3n) is 5.03. The van der Waals surface area contributed by atoms with Crippen molar-refractivity contribution in [2.24, 2.45) is 0 Å². The molecule has 0 aliphatic carbocycles. The van der Waals surface area contributed by atoms with Crippen LogP contribution in [0.2, 0.25) is 0 Å². The Hall–Kier alpha value is -2.18. The van der Waals surface area contributed by atoms with Gasteiger partial charge in [-0.25, -0.2) is 17.5 Å². The van der Waals surface area contributed by atoms with Crippen LogP contribution in [0.15, 0.2) is 53.4 Å². The molecule has 4 rings (SSSR count). The van der Waals surface area contributed by atoms with Crippen LogP contribution in [0, 0.1) is 16.7 Å². The number of anilines is 2. The summed E-state index contributed by atoms with van der Waals surface area (Å²) in [6.45, 7) is 4.35. The lowest BCUT2D eigenvalue weighted by Gasteiger charge is -2.33. The average Bonchev–Trinajstić information content (AvgIpc) is 3.09. The van der Waals surface area contributed by atoms with Gasteiger partial charge in [-0.15, -0.1) is 5.10 Å². The highest BCUT2D eigenvalue weighted by molar-refractivity contribution is 7.89. The first kappa shape index (κ1) is 22.0. The van der Waals surface area contributed by atoms with E-state index >= 15 is 0 Å². The maximum Gasteiger partial charge on any atom is 0.243 e. The van der Waals surface area contributed by atoms with Crippen molar-refractivity contribution in [3.05, 3.63) is 63.9 Å². The fourth-order valence-corrected chi connectivity index (χ4v) is 5.70. The standard InChI is InChI=1S/C20H22FN5O2S3/c1-15-2-6-17(7-3-15)22-19-23-26(20(29)30-19)14-24-10-12-25(13-11-24)31(27,28)18-8-4-16(21)5-9-18/h2-9H,10-14H2,1H3,(H,22,23). The summed E-state index contributed by atoms with van der Waals surface area (Å²) >= 11 is 6.85. The van der Waals surface area contributed by atoms with Gasteiger partial charge in [-0.1, -0.05) is 29.0 Å². The maximum atomic E-state index is 13.1. The molecule has 1 aromatic heterocycles. The van der Waals surface area contributed by atoms with Crippen molar-refractivity contribution < 1.29 is 12.8 Å². The molecule has 3 aromatic rings. The molecule has 0 amide bonds. The molecule has 1 N–H and O–H groups in total. The highest BCUT2D eigenvalue weighted by atomic mass is 32.2. The largest absolute Gasteiger partial charge is 0.330 e. The number of hydrogen-bond donors (Lipinski definition) is 1. The predicted molar refractivity (Wildman–Crippen MR) is 122 cm³/mol. The second-order valence-electron chi connectivity index (χ2n) is 7.28. The second kappa shape index (κ2) is 9.13. The van der Waals surface area contributed by atoms with E-state index in [9.17, 15) is 12.8 Å². The average molecular weight is 480 g/mol. The Morgan fingerprint density at radius 1 is 1.06 bits per heavy atom. The van der Waals surface area contributed by atoms with Crippen molar-refractivity contribution in [3.8, 4) is 0 Å². The van der Waals surface area contributed by atoms with Crippen LogP contribution in [0.5, 0.6) is 0 Å². The first-order chi connectivity index (χ1) is 14.8. The van der Waals surface area contributed by atoms with Crippen molar-refractivity contribution in [1.82, 2.24) is 19.0 Å². The van der Waals surface area contributed by atoms with Crippen molar-refractivity contribution in [2.75, 3.05) is 31.5 Å². The second-order valence-corrected chi connectivity index (χ2v) is 10.8. The minimum absolute atomic E-state index is 0.107. The summed E-state index contributed by atoms with van der Waals surface area (Å²) < 4.78 is 42.5. The van der Waals surface area contributed by atoms with Crippen LogP contribution in [0.3, 0.4) is 0 Å². The van der Waals surface area contributed by atoms with E-state index in [2.05, 4.69) is 15.3 Å². The lowest BCUT2D eigenvalue weighted by atomic mass is 10.2. The predicted octanol–water partition coefficient (Wildman–Crippen LogP) is 3.83. The third kappa shape index (κ3) is 5.18. The summed E-state index contributed by atoms with van der Waals surface area (Å²) in [5, 5.41) is 8.54. The van der Waals surface area contributed by atoms with Gasteiger partial charge in [0.1, 0.15) is 5.82 Å². The Labute approximate surface area is 189 Å². The third-order valence-corrected chi connectivity index (χ3v) is 8.16. The van der Waals surface area contributed by atoms with Crippen LogP contribution in [0.25, 0.3) is 0 Å². The highest BCUT2D eigenvalue weighted by Crippen LogP contribution is 2.22. The van der Waals surface area contributed by atoms with Gasteiger partial charge in [0.2, 0.25) is 15.2 Å². The molecule has 11 heteroatoms. The minimum Gasteiger partial charge on any atom is -0.330 e. The number of hydrogen-bond acceptors (Lipinski definition) is 7. The van der Waals surface area contributed by atoms with Gasteiger partial charge >= 0.3 is 0 Å². The van der Waals surface area contributed by atoms with Crippen molar-refractivity contribution >= 4 is 44.4 Å². The highest BCUT2D eigenvalue weighted by Gasteiger charge is 2.28. The van der Waals surface area contributed by atoms with Gasteiger partial charge in [0, 0.05) is 31.9 Å². The maximum absolute atomic E-state index is 13.1. The number of rotatable bonds is 6. The summed E-state index contributed by atoms with van der Waals surface area (Å²) in [7, 11) is -3.63. The molecule has 0 unspecified atom stereocenters. The van der Waals surface area contributed by atoms with E-state index in [1.807, 2.05) is 31.2 Å². The van der Waals surface area contributed by atoms with Gasteiger partial charge in [-0.05, 0) is 55.5 Å². The van der Waals surface area contributed by atoms with Crippen LogP contribution in [-0.2, 0) is 16.7 Å². The van der Waals surface area contributed by atoms with Crippen molar-refractivity contribution in [2.45, 2.75) is 18.5 Å². The molecule has 164 valence electrons. The minimum atomic E-state index is -3.63. The molecule has 0 radical (unpaired) electrons. The first-order valence-corrected chi connectivity index (χ1v) is 12.4. The normalized spacial score (nSPS) is 15.8. The van der Waals surface area contributed by atoms with Crippen LogP contribution >= 0.6 is 23.6 Å². The summed E-state index contributed by atoms with van der Waals surface area (Å²) in [6.07, 6.45) is 0. The van der Waals surface area contributed by atoms with Gasteiger partial charge < -0.3 is 5.32 Å². The number of benzene rings is 2. The molecule has 7 nitrogen and oxygen atoms in total. The topological polar surface area (TPSA) is 70.5 Å². The smallest absolute Gasteiger partial charge is 0.243 e. The molecule has 0 saturated carbocycles. The van der Waals surface area contributed by atoms with E-state index in [1.165, 1.54) is 33.3 Å². The number of sulfonamides is 1. The molecule has 2 aromatic carbocycles. The van der Waals surface area contributed by atoms with Gasteiger partial charge in [-0.3, -0.25) is 4.90 Å². The molecular weight excluding hydrogens is 457 g/mol. The van der Waals surface area contributed by atoms with E-state index in [0.29, 0.717) is 41.9 Å². The Balaban J connectivity index is 1.37. The molecule has 1 saturated heterocycles. The number of nitrogens with zero attached hydrogens (tertiary/aromatic N) is 4. The zero-order valence-electron chi connectivity index (χ0n) is 16.9. The first-order valence-electron chi connectivity index (χ1n) is 9.71. The molecule has 1 fully saturated rings. The van der Waals surface area contributed by atoms with E-state index in [0.717, 1.165) is 17.8 Å². The lowest BCUT2D eigenvalue weighted by Crippen LogP contribution is -2.48. The number of nitrogens with one attached hydrogen (secondary N) is 1. The Bertz CT molecular complexity index is 1200. The lowest BCUT2D eigenvalue weighted by molar-refractivity contribution is 0.145. The Morgan fingerprint density at radius 2 is 1.71 bits per heavy atom. The summed E-state index contributed by atoms with van der Waals surface area (Å²) in [6, 6.07) is 13.0. The van der Waals surface area contributed by atoms with E-state index in [-0.39, 0.29) is 4.90 Å². The van der Waals surface area contributed by atoms with E-state index < -0.39 is 15.8 Å². The molecular formula is C20H22FN5O2S3. The van der Waals surface area contributed by atoms with Crippen LogP contribution in [0.1, 0.15) is 5.56 Å². The molecule has 31 heavy (non-hydrogen) atoms. The monoisotopic (exact) mass is 479 g/mol.